The zero-order valence-electron chi connectivity index (χ0n) is 24.9. The Labute approximate surface area is 267 Å². The Bertz CT molecular complexity index is 1650. The average Bonchev–Trinajstić information content (AvgIpc) is 3.02. The minimum absolute atomic E-state index is 0.0356. The molecule has 1 N–H and O–H groups in total. The topological polar surface area (TPSA) is 96.0 Å². The highest BCUT2D eigenvalue weighted by Crippen LogP contribution is 2.28. The molecule has 1 atom stereocenters. The smallest absolute Gasteiger partial charge is 0.264 e. The Kier molecular flexibility index (Phi) is 11.2. The van der Waals surface area contributed by atoms with E-state index in [-0.39, 0.29) is 35.5 Å². The van der Waals surface area contributed by atoms with Crippen molar-refractivity contribution >= 4 is 43.5 Å². The van der Waals surface area contributed by atoms with Crippen LogP contribution in [0.25, 0.3) is 0 Å². The summed E-state index contributed by atoms with van der Waals surface area (Å²) in [5.41, 5.74) is 1.92. The fourth-order valence-corrected chi connectivity index (χ4v) is 6.43. The van der Waals surface area contributed by atoms with Crippen molar-refractivity contribution in [2.45, 2.75) is 43.8 Å². The third-order valence-electron chi connectivity index (χ3n) is 6.92. The number of sulfonamides is 1. The van der Waals surface area contributed by atoms with Gasteiger partial charge in [0.2, 0.25) is 11.8 Å². The monoisotopic (exact) mass is 677 g/mol. The van der Waals surface area contributed by atoms with E-state index in [0.717, 1.165) is 19.9 Å². The minimum Gasteiger partial charge on any atom is -0.497 e. The second-order valence-corrected chi connectivity index (χ2v) is 13.3. The van der Waals surface area contributed by atoms with E-state index < -0.39 is 28.5 Å². The van der Waals surface area contributed by atoms with Crippen LogP contribution in [-0.4, -0.2) is 50.9 Å². The molecule has 0 bridgehead atoms. The lowest BCUT2D eigenvalue weighted by Gasteiger charge is -2.34. The second kappa shape index (κ2) is 15.0. The van der Waals surface area contributed by atoms with E-state index >= 15 is 0 Å². The summed E-state index contributed by atoms with van der Waals surface area (Å²) in [5.74, 6) is -0.420. The molecule has 0 aliphatic heterocycles. The van der Waals surface area contributed by atoms with E-state index in [2.05, 4.69) is 21.2 Å². The number of methoxy groups -OCH3 is 1. The predicted octanol–water partition coefficient (Wildman–Crippen LogP) is 5.82. The molecule has 2 amide bonds. The lowest BCUT2D eigenvalue weighted by molar-refractivity contribution is -0.140. The van der Waals surface area contributed by atoms with Crippen molar-refractivity contribution in [2.75, 3.05) is 18.0 Å². The fourth-order valence-electron chi connectivity index (χ4n) is 4.74. The summed E-state index contributed by atoms with van der Waals surface area (Å²) >= 11 is 3.45. The Morgan fingerprint density at radius 3 is 2.09 bits per heavy atom. The van der Waals surface area contributed by atoms with Crippen molar-refractivity contribution in [2.24, 2.45) is 0 Å². The molecule has 4 rings (SSSR count). The van der Waals surface area contributed by atoms with Gasteiger partial charge in [0, 0.05) is 29.5 Å². The summed E-state index contributed by atoms with van der Waals surface area (Å²) in [6.07, 6.45) is 0.242. The molecule has 10 heteroatoms. The number of ether oxygens (including phenoxy) is 1. The number of benzene rings is 4. The van der Waals surface area contributed by atoms with Gasteiger partial charge < -0.3 is 15.0 Å². The van der Waals surface area contributed by atoms with Gasteiger partial charge in [-0.1, -0.05) is 82.7 Å². The standard InChI is InChI=1S/C34H36BrN3O5S/c1-25(2)36-34(40)32(21-26-11-6-4-7-12-26)37(23-27-17-19-28(35)20-18-27)33(39)24-38(29-13-10-14-30(22-29)43-3)44(41,42)31-15-8-5-9-16-31/h4-20,22,25,32H,21,23-24H2,1-3H3,(H,36,40)/t32-/m1/s1. The molecule has 0 spiro atoms. The number of nitrogens with one attached hydrogen (secondary N) is 1. The molecule has 0 fully saturated rings. The largest absolute Gasteiger partial charge is 0.497 e. The molecule has 0 aliphatic carbocycles. The van der Waals surface area contributed by atoms with Crippen LogP contribution in [0.3, 0.4) is 0 Å². The molecule has 0 heterocycles. The van der Waals surface area contributed by atoms with Crippen LogP contribution < -0.4 is 14.4 Å². The Hall–Kier alpha value is -4.15. The molecule has 0 saturated heterocycles. The van der Waals surface area contributed by atoms with Crippen molar-refractivity contribution in [3.63, 3.8) is 0 Å². The minimum atomic E-state index is -4.19. The fraction of sp³-hybridized carbons (Fsp3) is 0.235. The normalized spacial score (nSPS) is 11.9. The van der Waals surface area contributed by atoms with Crippen molar-refractivity contribution in [1.29, 1.82) is 0 Å². The van der Waals surface area contributed by atoms with Crippen LogP contribution in [0.5, 0.6) is 5.75 Å². The van der Waals surface area contributed by atoms with Gasteiger partial charge in [-0.05, 0) is 61.4 Å². The third kappa shape index (κ3) is 8.48. The number of carbonyl (C=O) groups is 2. The molecule has 0 radical (unpaired) electrons. The highest BCUT2D eigenvalue weighted by Gasteiger charge is 2.35. The number of hydrogen-bond donors (Lipinski definition) is 1. The molecule has 4 aromatic carbocycles. The van der Waals surface area contributed by atoms with Crippen LogP contribution in [0.2, 0.25) is 0 Å². The van der Waals surface area contributed by atoms with Gasteiger partial charge in [-0.25, -0.2) is 8.42 Å². The highest BCUT2D eigenvalue weighted by atomic mass is 79.9. The summed E-state index contributed by atoms with van der Waals surface area (Å²) in [6, 6.07) is 30.3. The van der Waals surface area contributed by atoms with Crippen LogP contribution in [0.15, 0.2) is 119 Å². The van der Waals surface area contributed by atoms with Gasteiger partial charge in [0.05, 0.1) is 17.7 Å². The first kappa shape index (κ1) is 32.8. The van der Waals surface area contributed by atoms with Gasteiger partial charge in [-0.2, -0.15) is 0 Å². The third-order valence-corrected chi connectivity index (χ3v) is 9.24. The van der Waals surface area contributed by atoms with Crippen molar-refractivity contribution in [3.8, 4) is 5.75 Å². The van der Waals surface area contributed by atoms with E-state index in [0.29, 0.717) is 5.75 Å². The van der Waals surface area contributed by atoms with E-state index in [4.69, 9.17) is 4.74 Å². The maximum Gasteiger partial charge on any atom is 0.264 e. The number of anilines is 1. The first-order chi connectivity index (χ1) is 21.1. The van der Waals surface area contributed by atoms with Crippen molar-refractivity contribution < 1.29 is 22.7 Å². The number of amides is 2. The average molecular weight is 679 g/mol. The Morgan fingerprint density at radius 1 is 0.841 bits per heavy atom. The van der Waals surface area contributed by atoms with Gasteiger partial charge in [-0.3, -0.25) is 13.9 Å². The predicted molar refractivity (Wildman–Crippen MR) is 176 cm³/mol. The molecule has 230 valence electrons. The highest BCUT2D eigenvalue weighted by molar-refractivity contribution is 9.10. The molecule has 4 aromatic rings. The second-order valence-electron chi connectivity index (χ2n) is 10.5. The SMILES string of the molecule is COc1cccc(N(CC(=O)N(Cc2ccc(Br)cc2)[C@H](Cc2ccccc2)C(=O)NC(C)C)S(=O)(=O)c2ccccc2)c1. The van der Waals surface area contributed by atoms with Crippen molar-refractivity contribution in [1.82, 2.24) is 10.2 Å². The van der Waals surface area contributed by atoms with E-state index in [1.807, 2.05) is 68.4 Å². The van der Waals surface area contributed by atoms with E-state index in [1.165, 1.54) is 24.1 Å². The molecule has 0 saturated carbocycles. The molecule has 0 unspecified atom stereocenters. The van der Waals surface area contributed by atoms with Crippen LogP contribution in [0.1, 0.15) is 25.0 Å². The van der Waals surface area contributed by atoms with Crippen LogP contribution in [0.4, 0.5) is 5.69 Å². The summed E-state index contributed by atoms with van der Waals surface area (Å²) in [6.45, 7) is 3.26. The lowest BCUT2D eigenvalue weighted by Crippen LogP contribution is -2.54. The molecule has 44 heavy (non-hydrogen) atoms. The van der Waals surface area contributed by atoms with Crippen LogP contribution in [0, 0.1) is 0 Å². The van der Waals surface area contributed by atoms with Crippen molar-refractivity contribution in [3.05, 3.63) is 125 Å². The number of carbonyl (C=O) groups excluding carboxylic acids is 2. The molecule has 0 aliphatic rings. The molecule has 0 aromatic heterocycles. The lowest BCUT2D eigenvalue weighted by atomic mass is 10.0. The first-order valence-corrected chi connectivity index (χ1v) is 16.4. The number of hydrogen-bond acceptors (Lipinski definition) is 5. The van der Waals surface area contributed by atoms with E-state index in [9.17, 15) is 18.0 Å². The summed E-state index contributed by atoms with van der Waals surface area (Å²) in [5, 5.41) is 2.96. The van der Waals surface area contributed by atoms with Gasteiger partial charge in [0.15, 0.2) is 0 Å². The Morgan fingerprint density at radius 2 is 1.48 bits per heavy atom. The zero-order valence-corrected chi connectivity index (χ0v) is 27.3. The number of halogens is 1. The van der Waals surface area contributed by atoms with Gasteiger partial charge in [-0.15, -0.1) is 0 Å². The van der Waals surface area contributed by atoms with Gasteiger partial charge in [0.25, 0.3) is 10.0 Å². The Balaban J connectivity index is 1.81. The number of nitrogens with zero attached hydrogens (tertiary/aromatic N) is 2. The number of rotatable bonds is 13. The zero-order chi connectivity index (χ0) is 31.7. The molecular formula is C34H36BrN3O5S. The van der Waals surface area contributed by atoms with Gasteiger partial charge in [0.1, 0.15) is 18.3 Å². The molecular weight excluding hydrogens is 642 g/mol. The van der Waals surface area contributed by atoms with Crippen LogP contribution in [-0.2, 0) is 32.6 Å². The van der Waals surface area contributed by atoms with Crippen LogP contribution >= 0.6 is 15.9 Å². The van der Waals surface area contributed by atoms with Gasteiger partial charge >= 0.3 is 0 Å². The maximum atomic E-state index is 14.5. The summed E-state index contributed by atoms with van der Waals surface area (Å²) in [7, 11) is -2.70. The summed E-state index contributed by atoms with van der Waals surface area (Å²) < 4.78 is 35.4. The molecule has 8 nitrogen and oxygen atoms in total. The maximum absolute atomic E-state index is 14.5. The van der Waals surface area contributed by atoms with E-state index in [1.54, 1.807) is 42.5 Å². The quantitative estimate of drug-likeness (QED) is 0.193. The first-order valence-electron chi connectivity index (χ1n) is 14.2. The summed E-state index contributed by atoms with van der Waals surface area (Å²) in [4.78, 5) is 29.7.